The summed E-state index contributed by atoms with van der Waals surface area (Å²) in [5, 5.41) is 3.14. The van der Waals surface area contributed by atoms with Crippen molar-refractivity contribution in [3.8, 4) is 0 Å². The Bertz CT molecular complexity index is 149. The number of rotatable bonds is 5. The Morgan fingerprint density at radius 3 is 2.77 bits per heavy atom. The van der Waals surface area contributed by atoms with Crippen molar-refractivity contribution in [2.45, 2.75) is 26.3 Å². The third-order valence-corrected chi connectivity index (χ3v) is 1.59. The zero-order valence-electron chi connectivity index (χ0n) is 8.63. The first-order valence-corrected chi connectivity index (χ1v) is 4.51. The molecule has 0 fully saturated rings. The van der Waals surface area contributed by atoms with Crippen LogP contribution in [0.25, 0.3) is 0 Å². The number of nitrogens with zero attached hydrogens (tertiary/aromatic N) is 1. The minimum Gasteiger partial charge on any atom is -0.385 e. The number of aliphatic imine (C=N–C) groups is 1. The van der Waals surface area contributed by atoms with Gasteiger partial charge in [-0.1, -0.05) is 0 Å². The molecule has 0 aromatic rings. The maximum atomic E-state index is 5.26. The molecule has 13 heavy (non-hydrogen) atoms. The second-order valence-corrected chi connectivity index (χ2v) is 2.79. The summed E-state index contributed by atoms with van der Waals surface area (Å²) in [6.45, 7) is 5.46. The van der Waals surface area contributed by atoms with Gasteiger partial charge >= 0.3 is 0 Å². The molecule has 4 N–H and O–H groups in total. The summed E-state index contributed by atoms with van der Waals surface area (Å²) in [5.41, 5.74) is 2.51. The number of hydrazine groups is 1. The minimum absolute atomic E-state index is 0.307. The summed E-state index contributed by atoms with van der Waals surface area (Å²) in [6, 6.07) is 0.307. The van der Waals surface area contributed by atoms with Crippen LogP contribution in [0.4, 0.5) is 0 Å². The molecule has 0 aliphatic heterocycles. The monoisotopic (exact) mass is 188 g/mol. The number of nitrogens with two attached hydrogens (primary N) is 1. The van der Waals surface area contributed by atoms with Gasteiger partial charge in [-0.15, -0.1) is 0 Å². The van der Waals surface area contributed by atoms with E-state index >= 15 is 0 Å². The van der Waals surface area contributed by atoms with E-state index in [2.05, 4.69) is 22.7 Å². The lowest BCUT2D eigenvalue weighted by atomic mass is 10.2. The normalized spacial score (nSPS) is 14.0. The third kappa shape index (κ3) is 6.36. The van der Waals surface area contributed by atoms with Crippen molar-refractivity contribution >= 4 is 5.96 Å². The minimum atomic E-state index is 0.307. The first-order chi connectivity index (χ1) is 6.24. The fourth-order valence-corrected chi connectivity index (χ4v) is 0.891. The molecule has 0 radical (unpaired) electrons. The summed E-state index contributed by atoms with van der Waals surface area (Å²) >= 11 is 0. The second kappa shape index (κ2) is 7.82. The van der Waals surface area contributed by atoms with Gasteiger partial charge in [0, 0.05) is 26.3 Å². The second-order valence-electron chi connectivity index (χ2n) is 2.79. The van der Waals surface area contributed by atoms with Crippen LogP contribution in [0, 0.1) is 0 Å². The molecule has 1 unspecified atom stereocenters. The Hall–Kier alpha value is -0.810. The molecule has 0 rings (SSSR count). The Morgan fingerprint density at radius 2 is 2.31 bits per heavy atom. The molecule has 0 heterocycles. The van der Waals surface area contributed by atoms with E-state index in [9.17, 15) is 0 Å². The Labute approximate surface area is 79.7 Å². The van der Waals surface area contributed by atoms with E-state index in [1.807, 2.05) is 6.92 Å². The van der Waals surface area contributed by atoms with E-state index < -0.39 is 0 Å². The van der Waals surface area contributed by atoms with Gasteiger partial charge in [-0.3, -0.25) is 10.4 Å². The number of methoxy groups -OCH3 is 1. The van der Waals surface area contributed by atoms with E-state index in [1.54, 1.807) is 7.11 Å². The van der Waals surface area contributed by atoms with Gasteiger partial charge in [0.2, 0.25) is 5.96 Å². The number of hydrogen-bond donors (Lipinski definition) is 3. The van der Waals surface area contributed by atoms with Crippen LogP contribution in [0.3, 0.4) is 0 Å². The fourth-order valence-electron chi connectivity index (χ4n) is 0.891. The Morgan fingerprint density at radius 1 is 1.62 bits per heavy atom. The van der Waals surface area contributed by atoms with E-state index in [0.717, 1.165) is 13.0 Å². The van der Waals surface area contributed by atoms with Gasteiger partial charge in [0.05, 0.1) is 0 Å². The van der Waals surface area contributed by atoms with E-state index in [-0.39, 0.29) is 0 Å². The highest BCUT2D eigenvalue weighted by Gasteiger charge is 2.02. The quantitative estimate of drug-likeness (QED) is 0.243. The molecule has 0 saturated carbocycles. The van der Waals surface area contributed by atoms with Crippen LogP contribution in [0.5, 0.6) is 0 Å². The predicted octanol–water partition coefficient (Wildman–Crippen LogP) is -0.160. The lowest BCUT2D eigenvalue weighted by Crippen LogP contribution is -2.45. The predicted molar refractivity (Wildman–Crippen MR) is 54.4 cm³/mol. The summed E-state index contributed by atoms with van der Waals surface area (Å²) < 4.78 is 4.96. The van der Waals surface area contributed by atoms with Crippen molar-refractivity contribution in [1.29, 1.82) is 0 Å². The van der Waals surface area contributed by atoms with Crippen molar-refractivity contribution in [3.63, 3.8) is 0 Å². The molecule has 0 aliphatic rings. The molecule has 0 spiro atoms. The molecule has 1 atom stereocenters. The van der Waals surface area contributed by atoms with Gasteiger partial charge in [0.25, 0.3) is 0 Å². The van der Waals surface area contributed by atoms with Crippen molar-refractivity contribution < 1.29 is 4.74 Å². The highest BCUT2D eigenvalue weighted by molar-refractivity contribution is 5.79. The summed E-state index contributed by atoms with van der Waals surface area (Å²) in [6.07, 6.45) is 0.931. The van der Waals surface area contributed by atoms with Crippen LogP contribution >= 0.6 is 0 Å². The van der Waals surface area contributed by atoms with Crippen LogP contribution in [-0.2, 0) is 4.74 Å². The van der Waals surface area contributed by atoms with Crippen molar-refractivity contribution in [2.75, 3.05) is 20.3 Å². The van der Waals surface area contributed by atoms with Gasteiger partial charge in [-0.25, -0.2) is 5.84 Å². The summed E-state index contributed by atoms with van der Waals surface area (Å²) in [7, 11) is 1.69. The molecular formula is C8H20N4O. The van der Waals surface area contributed by atoms with Crippen LogP contribution in [0.1, 0.15) is 20.3 Å². The van der Waals surface area contributed by atoms with Gasteiger partial charge < -0.3 is 10.1 Å². The molecule has 0 aliphatic carbocycles. The molecule has 0 amide bonds. The molecule has 0 aromatic carbocycles. The lowest BCUT2D eigenvalue weighted by Gasteiger charge is -2.15. The molecule has 78 valence electrons. The summed E-state index contributed by atoms with van der Waals surface area (Å²) in [5.74, 6) is 5.89. The number of nitrogens with one attached hydrogen (secondary N) is 2. The number of guanidine groups is 1. The van der Waals surface area contributed by atoms with E-state index in [1.165, 1.54) is 0 Å². The number of ether oxygens (including phenoxy) is 1. The van der Waals surface area contributed by atoms with E-state index in [4.69, 9.17) is 10.6 Å². The SMILES string of the molecule is CCN=C(NN)NC(C)CCOC. The van der Waals surface area contributed by atoms with Gasteiger partial charge in [-0.2, -0.15) is 0 Å². The maximum Gasteiger partial charge on any atom is 0.205 e. The zero-order valence-corrected chi connectivity index (χ0v) is 8.63. The molecule has 0 bridgehead atoms. The average Bonchev–Trinajstić information content (AvgIpc) is 2.14. The average molecular weight is 188 g/mol. The van der Waals surface area contributed by atoms with Crippen LogP contribution < -0.4 is 16.6 Å². The zero-order chi connectivity index (χ0) is 10.1. The lowest BCUT2D eigenvalue weighted by molar-refractivity contribution is 0.187. The first-order valence-electron chi connectivity index (χ1n) is 4.51. The maximum absolute atomic E-state index is 5.26. The molecular weight excluding hydrogens is 168 g/mol. The van der Waals surface area contributed by atoms with Crippen molar-refractivity contribution in [1.82, 2.24) is 10.7 Å². The largest absolute Gasteiger partial charge is 0.385 e. The number of hydrogen-bond acceptors (Lipinski definition) is 3. The van der Waals surface area contributed by atoms with Crippen LogP contribution in [0.2, 0.25) is 0 Å². The summed E-state index contributed by atoms with van der Waals surface area (Å²) in [4.78, 5) is 4.12. The standard InChI is InChI=1S/C8H20N4O/c1-4-10-8(12-9)11-7(2)5-6-13-3/h7H,4-6,9H2,1-3H3,(H2,10,11,12). The van der Waals surface area contributed by atoms with Gasteiger partial charge in [0.15, 0.2) is 0 Å². The molecule has 0 saturated heterocycles. The Kier molecular flexibility index (Phi) is 7.33. The Balaban J connectivity index is 3.73. The molecule has 5 heteroatoms. The fraction of sp³-hybridized carbons (Fsp3) is 0.875. The smallest absolute Gasteiger partial charge is 0.205 e. The van der Waals surface area contributed by atoms with Crippen molar-refractivity contribution in [2.24, 2.45) is 10.8 Å². The molecule has 5 nitrogen and oxygen atoms in total. The van der Waals surface area contributed by atoms with Gasteiger partial charge in [-0.05, 0) is 20.3 Å². The highest BCUT2D eigenvalue weighted by atomic mass is 16.5. The van der Waals surface area contributed by atoms with Crippen LogP contribution in [-0.4, -0.2) is 32.3 Å². The first kappa shape index (κ1) is 12.2. The topological polar surface area (TPSA) is 71.7 Å². The van der Waals surface area contributed by atoms with Crippen LogP contribution in [0.15, 0.2) is 4.99 Å². The van der Waals surface area contributed by atoms with Crippen molar-refractivity contribution in [3.05, 3.63) is 0 Å². The third-order valence-electron chi connectivity index (χ3n) is 1.59. The highest BCUT2D eigenvalue weighted by Crippen LogP contribution is 1.89. The van der Waals surface area contributed by atoms with Gasteiger partial charge in [0.1, 0.15) is 0 Å². The molecule has 0 aromatic heterocycles. The van der Waals surface area contributed by atoms with E-state index in [0.29, 0.717) is 18.5 Å².